The minimum absolute atomic E-state index is 0.0786. The Kier molecular flexibility index (Phi) is 7.30. The van der Waals surface area contributed by atoms with Crippen LogP contribution in [0.5, 0.6) is 0 Å². The van der Waals surface area contributed by atoms with Crippen LogP contribution >= 0.6 is 15.9 Å². The van der Waals surface area contributed by atoms with Crippen LogP contribution in [0.4, 0.5) is 0 Å². The summed E-state index contributed by atoms with van der Waals surface area (Å²) >= 11 is 3.46. The highest BCUT2D eigenvalue weighted by atomic mass is 79.9. The van der Waals surface area contributed by atoms with Crippen LogP contribution in [0.25, 0.3) is 0 Å². The van der Waals surface area contributed by atoms with Crippen LogP contribution in [0.15, 0.2) is 16.7 Å². The van der Waals surface area contributed by atoms with E-state index in [2.05, 4.69) is 36.7 Å². The molecule has 0 bridgehead atoms. The maximum atomic E-state index is 12.7. The molecule has 1 amide bonds. The van der Waals surface area contributed by atoms with Crippen LogP contribution in [0.3, 0.4) is 0 Å². The fraction of sp³-hybridized carbons (Fsp3) is 0.667. The molecule has 0 aliphatic carbocycles. The molecule has 1 heterocycles. The minimum Gasteiger partial charge on any atom is -0.383 e. The van der Waals surface area contributed by atoms with E-state index in [0.29, 0.717) is 19.1 Å². The van der Waals surface area contributed by atoms with Gasteiger partial charge >= 0.3 is 0 Å². The minimum atomic E-state index is 0.0786. The Morgan fingerprint density at radius 2 is 2.20 bits per heavy atom. The molecule has 0 N–H and O–H groups in total. The highest BCUT2D eigenvalue weighted by Gasteiger charge is 2.20. The van der Waals surface area contributed by atoms with Gasteiger partial charge in [0.25, 0.3) is 5.91 Å². The largest absolute Gasteiger partial charge is 0.383 e. The summed E-state index contributed by atoms with van der Waals surface area (Å²) in [6.45, 7) is 9.14. The predicted octanol–water partition coefficient (Wildman–Crippen LogP) is 3.41. The van der Waals surface area contributed by atoms with Crippen molar-refractivity contribution < 1.29 is 9.53 Å². The zero-order chi connectivity index (χ0) is 15.1. The third kappa shape index (κ3) is 4.94. The normalized spacial score (nSPS) is 11.1. The summed E-state index contributed by atoms with van der Waals surface area (Å²) in [6.07, 6.45) is 2.98. The molecule has 0 radical (unpaired) electrons. The van der Waals surface area contributed by atoms with E-state index >= 15 is 0 Å². The maximum absolute atomic E-state index is 12.7. The van der Waals surface area contributed by atoms with Crippen LogP contribution in [0.1, 0.15) is 37.7 Å². The maximum Gasteiger partial charge on any atom is 0.270 e. The lowest BCUT2D eigenvalue weighted by Crippen LogP contribution is -2.37. The van der Waals surface area contributed by atoms with Crippen molar-refractivity contribution in [2.75, 3.05) is 26.8 Å². The molecule has 4 nitrogen and oxygen atoms in total. The Balaban J connectivity index is 2.92. The second-order valence-corrected chi connectivity index (χ2v) is 6.29. The van der Waals surface area contributed by atoms with Crippen molar-refractivity contribution in [3.05, 3.63) is 22.4 Å². The molecular weight excluding hydrogens is 320 g/mol. The molecule has 0 fully saturated rings. The quantitative estimate of drug-likeness (QED) is 0.724. The van der Waals surface area contributed by atoms with Gasteiger partial charge in [0.1, 0.15) is 5.69 Å². The number of aryl methyl sites for hydroxylation is 1. The van der Waals surface area contributed by atoms with E-state index in [-0.39, 0.29) is 5.91 Å². The number of carbonyl (C=O) groups is 1. The van der Waals surface area contributed by atoms with Gasteiger partial charge in [-0.3, -0.25) is 4.79 Å². The summed E-state index contributed by atoms with van der Waals surface area (Å²) in [4.78, 5) is 14.6. The second kappa shape index (κ2) is 8.47. The number of carbonyl (C=O) groups excluding carboxylic acids is 1. The van der Waals surface area contributed by atoms with Crippen molar-refractivity contribution in [2.24, 2.45) is 5.92 Å². The summed E-state index contributed by atoms with van der Waals surface area (Å²) in [5.41, 5.74) is 0.746. The van der Waals surface area contributed by atoms with Gasteiger partial charge in [0.05, 0.1) is 6.61 Å². The predicted molar refractivity (Wildman–Crippen MR) is 85.0 cm³/mol. The Labute approximate surface area is 130 Å². The number of hydrogen-bond acceptors (Lipinski definition) is 2. The van der Waals surface area contributed by atoms with Gasteiger partial charge in [0, 0.05) is 37.4 Å². The lowest BCUT2D eigenvalue weighted by Gasteiger charge is -2.24. The van der Waals surface area contributed by atoms with E-state index in [0.717, 1.165) is 29.7 Å². The van der Waals surface area contributed by atoms with Gasteiger partial charge in [-0.05, 0) is 34.3 Å². The van der Waals surface area contributed by atoms with Crippen molar-refractivity contribution >= 4 is 21.8 Å². The highest BCUT2D eigenvalue weighted by Crippen LogP contribution is 2.18. The molecule has 0 aliphatic heterocycles. The Morgan fingerprint density at radius 3 is 2.75 bits per heavy atom. The topological polar surface area (TPSA) is 34.5 Å². The number of rotatable bonds is 8. The van der Waals surface area contributed by atoms with Crippen LogP contribution in [0.2, 0.25) is 0 Å². The van der Waals surface area contributed by atoms with Gasteiger partial charge < -0.3 is 14.2 Å². The SMILES string of the molecule is CCCn1cc(Br)cc1C(=O)N(CCOC)CC(C)C. The fourth-order valence-corrected chi connectivity index (χ4v) is 2.62. The molecule has 1 aromatic heterocycles. The third-order valence-electron chi connectivity index (χ3n) is 2.98. The fourth-order valence-electron chi connectivity index (χ4n) is 2.16. The molecule has 1 aromatic rings. The molecule has 0 spiro atoms. The van der Waals surface area contributed by atoms with Crippen molar-refractivity contribution in [3.8, 4) is 0 Å². The highest BCUT2D eigenvalue weighted by molar-refractivity contribution is 9.10. The van der Waals surface area contributed by atoms with E-state index in [9.17, 15) is 4.79 Å². The smallest absolute Gasteiger partial charge is 0.270 e. The Bertz CT molecular complexity index is 430. The van der Waals surface area contributed by atoms with Gasteiger partial charge in [-0.25, -0.2) is 0 Å². The van der Waals surface area contributed by atoms with E-state index in [1.54, 1.807) is 7.11 Å². The van der Waals surface area contributed by atoms with E-state index in [1.807, 2.05) is 21.7 Å². The first-order valence-electron chi connectivity index (χ1n) is 7.13. The first-order valence-corrected chi connectivity index (χ1v) is 7.92. The number of nitrogens with zero attached hydrogens (tertiary/aromatic N) is 2. The molecule has 20 heavy (non-hydrogen) atoms. The van der Waals surface area contributed by atoms with E-state index in [1.165, 1.54) is 0 Å². The molecule has 0 aliphatic rings. The summed E-state index contributed by atoms with van der Waals surface area (Å²) in [6, 6.07) is 1.90. The number of aromatic nitrogens is 1. The average Bonchev–Trinajstić information content (AvgIpc) is 2.74. The zero-order valence-electron chi connectivity index (χ0n) is 12.9. The summed E-state index contributed by atoms with van der Waals surface area (Å²) < 4.78 is 8.08. The zero-order valence-corrected chi connectivity index (χ0v) is 14.4. The molecule has 0 unspecified atom stereocenters. The number of hydrogen-bond donors (Lipinski definition) is 0. The Hall–Kier alpha value is -0.810. The van der Waals surface area contributed by atoms with E-state index in [4.69, 9.17) is 4.74 Å². The molecule has 0 saturated carbocycles. The van der Waals surface area contributed by atoms with Crippen molar-refractivity contribution in [3.63, 3.8) is 0 Å². The number of ether oxygens (including phenoxy) is 1. The van der Waals surface area contributed by atoms with Gasteiger partial charge in [0.2, 0.25) is 0 Å². The first kappa shape index (κ1) is 17.2. The molecule has 0 aromatic carbocycles. The molecular formula is C15H25BrN2O2. The average molecular weight is 345 g/mol. The molecule has 1 rings (SSSR count). The lowest BCUT2D eigenvalue weighted by molar-refractivity contribution is 0.0661. The summed E-state index contributed by atoms with van der Waals surface area (Å²) in [5, 5.41) is 0. The van der Waals surface area contributed by atoms with Crippen LogP contribution < -0.4 is 0 Å². The van der Waals surface area contributed by atoms with Crippen LogP contribution in [-0.2, 0) is 11.3 Å². The van der Waals surface area contributed by atoms with Gasteiger partial charge in [-0.2, -0.15) is 0 Å². The van der Waals surface area contributed by atoms with Crippen molar-refractivity contribution in [2.45, 2.75) is 33.7 Å². The van der Waals surface area contributed by atoms with Crippen molar-refractivity contribution in [1.82, 2.24) is 9.47 Å². The summed E-state index contributed by atoms with van der Waals surface area (Å²) in [7, 11) is 1.66. The van der Waals surface area contributed by atoms with Crippen LogP contribution in [0, 0.1) is 5.92 Å². The summed E-state index contributed by atoms with van der Waals surface area (Å²) in [5.74, 6) is 0.517. The monoisotopic (exact) mass is 344 g/mol. The van der Waals surface area contributed by atoms with Gasteiger partial charge in [0.15, 0.2) is 0 Å². The second-order valence-electron chi connectivity index (χ2n) is 5.37. The van der Waals surface area contributed by atoms with Gasteiger partial charge in [-0.15, -0.1) is 0 Å². The number of halogens is 1. The number of amides is 1. The standard InChI is InChI=1S/C15H25BrN2O2/c1-5-6-17-11-13(16)9-14(17)15(19)18(7-8-20-4)10-12(2)3/h9,11-12H,5-8,10H2,1-4H3. The first-order chi connectivity index (χ1) is 9.49. The van der Waals surface area contributed by atoms with Gasteiger partial charge in [-0.1, -0.05) is 20.8 Å². The number of methoxy groups -OCH3 is 1. The van der Waals surface area contributed by atoms with E-state index < -0.39 is 0 Å². The lowest BCUT2D eigenvalue weighted by atomic mass is 10.2. The third-order valence-corrected chi connectivity index (χ3v) is 3.42. The molecule has 5 heteroatoms. The molecule has 0 atom stereocenters. The molecule has 114 valence electrons. The van der Waals surface area contributed by atoms with Crippen molar-refractivity contribution in [1.29, 1.82) is 0 Å². The molecule has 0 saturated heterocycles. The van der Waals surface area contributed by atoms with Crippen LogP contribution in [-0.4, -0.2) is 42.2 Å². The Morgan fingerprint density at radius 1 is 1.50 bits per heavy atom.